The lowest BCUT2D eigenvalue weighted by Crippen LogP contribution is -2.49. The van der Waals surface area contributed by atoms with Gasteiger partial charge in [0.2, 0.25) is 5.91 Å². The van der Waals surface area contributed by atoms with Gasteiger partial charge in [-0.15, -0.1) is 0 Å². The molecule has 1 amide bonds. The van der Waals surface area contributed by atoms with Crippen molar-refractivity contribution in [1.82, 2.24) is 10.2 Å². The molecule has 4 rings (SSSR count). The van der Waals surface area contributed by atoms with Gasteiger partial charge >= 0.3 is 0 Å². The van der Waals surface area contributed by atoms with Gasteiger partial charge in [-0.1, -0.05) is 66.2 Å². The molecule has 0 saturated heterocycles. The molecule has 1 aliphatic rings. The smallest absolute Gasteiger partial charge is 0.237 e. The number of carbonyl (C=O) groups is 1. The molecule has 3 aromatic carbocycles. The molecule has 5 heteroatoms. The van der Waals surface area contributed by atoms with Crippen molar-refractivity contribution >= 4 is 17.5 Å². The van der Waals surface area contributed by atoms with Gasteiger partial charge in [0.05, 0.1) is 6.04 Å². The van der Waals surface area contributed by atoms with Crippen molar-refractivity contribution in [2.45, 2.75) is 32.1 Å². The molecule has 29 heavy (non-hydrogen) atoms. The van der Waals surface area contributed by atoms with E-state index in [9.17, 15) is 9.90 Å². The molecule has 1 heterocycles. The Kier molecular flexibility index (Phi) is 5.84. The molecule has 0 aliphatic carbocycles. The van der Waals surface area contributed by atoms with Gasteiger partial charge in [-0.3, -0.25) is 9.69 Å². The van der Waals surface area contributed by atoms with Crippen LogP contribution < -0.4 is 5.32 Å². The summed E-state index contributed by atoms with van der Waals surface area (Å²) in [5.74, 6) is 0.182. The summed E-state index contributed by atoms with van der Waals surface area (Å²) in [6.45, 7) is 1.59. The normalized spacial score (nSPS) is 16.2. The highest BCUT2D eigenvalue weighted by Gasteiger charge is 2.31. The molecule has 0 saturated carbocycles. The van der Waals surface area contributed by atoms with Crippen LogP contribution in [-0.4, -0.2) is 22.0 Å². The second-order valence-corrected chi connectivity index (χ2v) is 7.81. The fraction of sp³-hybridized carbons (Fsp3) is 0.208. The van der Waals surface area contributed by atoms with Gasteiger partial charge in [0, 0.05) is 30.2 Å². The minimum atomic E-state index is -0.313. The number of carbonyl (C=O) groups excluding carboxylic acids is 1. The zero-order chi connectivity index (χ0) is 20.2. The summed E-state index contributed by atoms with van der Waals surface area (Å²) < 4.78 is 0. The van der Waals surface area contributed by atoms with Crippen LogP contribution in [0.5, 0.6) is 5.75 Å². The maximum Gasteiger partial charge on any atom is 0.237 e. The first-order valence-corrected chi connectivity index (χ1v) is 10.1. The molecule has 4 nitrogen and oxygen atoms in total. The number of hydrogen-bond acceptors (Lipinski definition) is 3. The van der Waals surface area contributed by atoms with Crippen LogP contribution in [0.1, 0.15) is 22.3 Å². The highest BCUT2D eigenvalue weighted by molar-refractivity contribution is 6.30. The highest BCUT2D eigenvalue weighted by Crippen LogP contribution is 2.29. The average Bonchev–Trinajstić information content (AvgIpc) is 2.75. The minimum absolute atomic E-state index is 0.00938. The van der Waals surface area contributed by atoms with Crippen molar-refractivity contribution in [2.75, 3.05) is 0 Å². The van der Waals surface area contributed by atoms with Crippen molar-refractivity contribution in [1.29, 1.82) is 0 Å². The lowest BCUT2D eigenvalue weighted by atomic mass is 9.93. The van der Waals surface area contributed by atoms with E-state index in [1.807, 2.05) is 42.5 Å². The molecule has 1 aliphatic heterocycles. The van der Waals surface area contributed by atoms with Gasteiger partial charge in [-0.2, -0.15) is 0 Å². The highest BCUT2D eigenvalue weighted by atomic mass is 35.5. The third-order valence-corrected chi connectivity index (χ3v) is 5.61. The molecule has 148 valence electrons. The van der Waals surface area contributed by atoms with E-state index < -0.39 is 0 Å². The molecule has 1 unspecified atom stereocenters. The molecule has 1 atom stereocenters. The summed E-state index contributed by atoms with van der Waals surface area (Å²) >= 11 is 6.12. The van der Waals surface area contributed by atoms with E-state index in [0.29, 0.717) is 31.1 Å². The fourth-order valence-corrected chi connectivity index (χ4v) is 4.00. The number of phenolic OH excluding ortho intramolecular Hbond substituents is 1. The second-order valence-electron chi connectivity index (χ2n) is 7.37. The number of rotatable bonds is 5. The number of halogens is 1. The van der Waals surface area contributed by atoms with Gasteiger partial charge in [0.1, 0.15) is 5.75 Å². The predicted molar refractivity (Wildman–Crippen MR) is 115 cm³/mol. The number of amides is 1. The van der Waals surface area contributed by atoms with Gasteiger partial charge < -0.3 is 10.4 Å². The summed E-state index contributed by atoms with van der Waals surface area (Å²) in [5, 5.41) is 13.9. The van der Waals surface area contributed by atoms with E-state index in [-0.39, 0.29) is 17.7 Å². The van der Waals surface area contributed by atoms with Crippen LogP contribution in [0.4, 0.5) is 0 Å². The Hall–Kier alpha value is -2.82. The first-order valence-electron chi connectivity index (χ1n) is 9.70. The van der Waals surface area contributed by atoms with Gasteiger partial charge in [-0.25, -0.2) is 0 Å². The van der Waals surface area contributed by atoms with E-state index in [1.165, 1.54) is 11.1 Å². The Balaban J connectivity index is 1.56. The lowest BCUT2D eigenvalue weighted by molar-refractivity contribution is -0.127. The second kappa shape index (κ2) is 8.68. The monoisotopic (exact) mass is 406 g/mol. The van der Waals surface area contributed by atoms with E-state index in [2.05, 4.69) is 22.3 Å². The van der Waals surface area contributed by atoms with Crippen molar-refractivity contribution in [3.63, 3.8) is 0 Å². The molecule has 0 aromatic heterocycles. The van der Waals surface area contributed by atoms with Gasteiger partial charge in [0.25, 0.3) is 0 Å². The predicted octanol–water partition coefficient (Wildman–Crippen LogP) is 4.29. The van der Waals surface area contributed by atoms with Crippen LogP contribution in [0.25, 0.3) is 0 Å². The minimum Gasteiger partial charge on any atom is -0.508 e. The summed E-state index contributed by atoms with van der Waals surface area (Å²) in [4.78, 5) is 15.2. The molecule has 2 N–H and O–H groups in total. The topological polar surface area (TPSA) is 52.6 Å². The molecule has 0 bridgehead atoms. The third kappa shape index (κ3) is 4.61. The standard InChI is InChI=1S/C24H23ClN2O2/c25-21-10-11-23(28)20(12-21)16-27-15-19-9-5-4-8-18(19)13-22(27)24(29)26-14-17-6-2-1-3-7-17/h1-12,22,28H,13-16H2,(H,26,29). The summed E-state index contributed by atoms with van der Waals surface area (Å²) in [6.07, 6.45) is 0.637. The Morgan fingerprint density at radius 3 is 2.55 bits per heavy atom. The Bertz CT molecular complexity index is 1010. The van der Waals surface area contributed by atoms with Crippen LogP contribution >= 0.6 is 11.6 Å². The van der Waals surface area contributed by atoms with Crippen LogP contribution in [0.3, 0.4) is 0 Å². The maximum atomic E-state index is 13.1. The van der Waals surface area contributed by atoms with Crippen molar-refractivity contribution < 1.29 is 9.90 Å². The average molecular weight is 407 g/mol. The molecular formula is C24H23ClN2O2. The molecule has 3 aromatic rings. The fourth-order valence-electron chi connectivity index (χ4n) is 3.80. The van der Waals surface area contributed by atoms with E-state index in [4.69, 9.17) is 11.6 Å². The Morgan fingerprint density at radius 1 is 1.03 bits per heavy atom. The van der Waals surface area contributed by atoms with Crippen molar-refractivity contribution in [3.8, 4) is 5.75 Å². The quantitative estimate of drug-likeness (QED) is 0.664. The summed E-state index contributed by atoms with van der Waals surface area (Å²) in [7, 11) is 0. The van der Waals surface area contributed by atoms with Crippen molar-refractivity contribution in [3.05, 3.63) is 100 Å². The van der Waals surface area contributed by atoms with Crippen LogP contribution in [0.15, 0.2) is 72.8 Å². The van der Waals surface area contributed by atoms with Gasteiger partial charge in [-0.05, 0) is 41.3 Å². The molecular weight excluding hydrogens is 384 g/mol. The summed E-state index contributed by atoms with van der Waals surface area (Å²) in [6, 6.07) is 22.8. The molecule has 0 radical (unpaired) electrons. The number of nitrogens with one attached hydrogen (secondary N) is 1. The van der Waals surface area contributed by atoms with Crippen LogP contribution in [0.2, 0.25) is 5.02 Å². The largest absolute Gasteiger partial charge is 0.508 e. The summed E-state index contributed by atoms with van der Waals surface area (Å²) in [5.41, 5.74) is 4.19. The third-order valence-electron chi connectivity index (χ3n) is 5.37. The van der Waals surface area contributed by atoms with E-state index in [1.54, 1.807) is 18.2 Å². The molecule has 0 fully saturated rings. The van der Waals surface area contributed by atoms with Gasteiger partial charge in [0.15, 0.2) is 0 Å². The first-order chi connectivity index (χ1) is 14.1. The SMILES string of the molecule is O=C(NCc1ccccc1)C1Cc2ccccc2CN1Cc1cc(Cl)ccc1O. The number of fused-ring (bicyclic) bond motifs is 1. The number of benzene rings is 3. The Labute approximate surface area is 175 Å². The van der Waals surface area contributed by atoms with E-state index >= 15 is 0 Å². The lowest BCUT2D eigenvalue weighted by Gasteiger charge is -2.36. The van der Waals surface area contributed by atoms with E-state index in [0.717, 1.165) is 11.1 Å². The Morgan fingerprint density at radius 2 is 1.76 bits per heavy atom. The zero-order valence-corrected chi connectivity index (χ0v) is 16.8. The van der Waals surface area contributed by atoms with Crippen molar-refractivity contribution in [2.24, 2.45) is 0 Å². The number of hydrogen-bond donors (Lipinski definition) is 2. The maximum absolute atomic E-state index is 13.1. The zero-order valence-electron chi connectivity index (χ0n) is 16.0. The van der Waals surface area contributed by atoms with Crippen LogP contribution in [0, 0.1) is 0 Å². The number of phenols is 1. The first kappa shape index (κ1) is 19.5. The molecule has 0 spiro atoms. The van der Waals surface area contributed by atoms with Crippen LogP contribution in [-0.2, 0) is 30.8 Å². The number of nitrogens with zero attached hydrogens (tertiary/aromatic N) is 1. The number of aromatic hydroxyl groups is 1.